The molecule has 3 N–H and O–H groups in total. The van der Waals surface area contributed by atoms with Crippen LogP contribution < -0.4 is 5.84 Å². The molecule has 0 atom stereocenters. The zero-order valence-electron chi connectivity index (χ0n) is 12.8. The fourth-order valence-electron chi connectivity index (χ4n) is 2.18. The number of aryl methyl sites for hydroxylation is 2. The largest absolute Gasteiger partial charge is 0.477 e. The number of thiophene rings is 1. The summed E-state index contributed by atoms with van der Waals surface area (Å²) >= 11 is 2.71. The molecule has 0 aliphatic heterocycles. The summed E-state index contributed by atoms with van der Waals surface area (Å²) in [7, 11) is 0. The highest BCUT2D eigenvalue weighted by Crippen LogP contribution is 2.25. The summed E-state index contributed by atoms with van der Waals surface area (Å²) in [6.07, 6.45) is 1.57. The summed E-state index contributed by atoms with van der Waals surface area (Å²) in [5.41, 5.74) is 1.23. The van der Waals surface area contributed by atoms with E-state index in [0.29, 0.717) is 15.8 Å². The van der Waals surface area contributed by atoms with Crippen LogP contribution in [0.15, 0.2) is 47.6 Å². The molecule has 24 heavy (non-hydrogen) atoms. The van der Waals surface area contributed by atoms with Gasteiger partial charge in [-0.1, -0.05) is 42.1 Å². The van der Waals surface area contributed by atoms with Crippen molar-refractivity contribution >= 4 is 29.1 Å². The quantitative estimate of drug-likeness (QED) is 0.497. The van der Waals surface area contributed by atoms with Gasteiger partial charge in [0.1, 0.15) is 4.88 Å². The van der Waals surface area contributed by atoms with Crippen LogP contribution in [0.5, 0.6) is 0 Å². The zero-order chi connectivity index (χ0) is 16.9. The number of nitrogen functional groups attached to an aromatic ring is 1. The van der Waals surface area contributed by atoms with Gasteiger partial charge in [0.2, 0.25) is 5.16 Å². The van der Waals surface area contributed by atoms with Crippen molar-refractivity contribution in [2.75, 3.05) is 5.84 Å². The summed E-state index contributed by atoms with van der Waals surface area (Å²) in [5, 5.41) is 17.8. The minimum atomic E-state index is -0.901. The molecular formula is C16H16N4O2S2. The van der Waals surface area contributed by atoms with Gasteiger partial charge < -0.3 is 10.9 Å². The molecule has 0 spiro atoms. The molecule has 2 heterocycles. The molecule has 6 nitrogen and oxygen atoms in total. The summed E-state index contributed by atoms with van der Waals surface area (Å²) in [6.45, 7) is 0. The Kier molecular flexibility index (Phi) is 5.17. The van der Waals surface area contributed by atoms with Crippen molar-refractivity contribution in [3.05, 3.63) is 63.6 Å². The molecule has 8 heteroatoms. The molecule has 0 fully saturated rings. The van der Waals surface area contributed by atoms with E-state index in [-0.39, 0.29) is 0 Å². The number of aromatic carboxylic acids is 1. The molecule has 3 aromatic rings. The van der Waals surface area contributed by atoms with E-state index < -0.39 is 5.97 Å². The molecule has 0 aliphatic carbocycles. The number of carboxylic acids is 1. The number of aromatic nitrogens is 3. The first-order valence-electron chi connectivity index (χ1n) is 7.31. The highest BCUT2D eigenvalue weighted by atomic mass is 32.2. The summed E-state index contributed by atoms with van der Waals surface area (Å²) in [4.78, 5) is 12.2. The fraction of sp³-hybridized carbons (Fsp3) is 0.188. The second-order valence-corrected chi connectivity index (χ2v) is 7.23. The first-order chi connectivity index (χ1) is 11.6. The van der Waals surface area contributed by atoms with Crippen molar-refractivity contribution in [1.82, 2.24) is 14.9 Å². The smallest absolute Gasteiger partial charge is 0.345 e. The van der Waals surface area contributed by atoms with Crippen LogP contribution in [-0.2, 0) is 18.6 Å². The number of nitrogens with zero attached hydrogens (tertiary/aromatic N) is 3. The van der Waals surface area contributed by atoms with Gasteiger partial charge in [0, 0.05) is 17.1 Å². The maximum Gasteiger partial charge on any atom is 0.345 e. The molecule has 2 aromatic heterocycles. The van der Waals surface area contributed by atoms with Crippen LogP contribution in [0.3, 0.4) is 0 Å². The molecular weight excluding hydrogens is 344 g/mol. The van der Waals surface area contributed by atoms with Gasteiger partial charge in [0.05, 0.1) is 0 Å². The van der Waals surface area contributed by atoms with Crippen molar-refractivity contribution in [2.24, 2.45) is 0 Å². The number of hydrogen-bond acceptors (Lipinski definition) is 6. The third-order valence-corrected chi connectivity index (χ3v) is 5.68. The Morgan fingerprint density at radius 1 is 1.17 bits per heavy atom. The number of hydrogen-bond donors (Lipinski definition) is 2. The van der Waals surface area contributed by atoms with E-state index in [0.717, 1.165) is 23.5 Å². The van der Waals surface area contributed by atoms with Crippen molar-refractivity contribution in [1.29, 1.82) is 0 Å². The summed E-state index contributed by atoms with van der Waals surface area (Å²) < 4.78 is 1.51. The van der Waals surface area contributed by atoms with E-state index in [4.69, 9.17) is 10.9 Å². The first-order valence-corrected chi connectivity index (χ1v) is 9.12. The predicted molar refractivity (Wildman–Crippen MR) is 94.9 cm³/mol. The van der Waals surface area contributed by atoms with Gasteiger partial charge >= 0.3 is 5.97 Å². The number of carboxylic acid groups (broad SMARTS) is 1. The number of nitrogens with two attached hydrogens (primary N) is 1. The van der Waals surface area contributed by atoms with Gasteiger partial charge in [-0.15, -0.1) is 21.5 Å². The van der Waals surface area contributed by atoms with E-state index in [1.54, 1.807) is 6.07 Å². The monoisotopic (exact) mass is 360 g/mol. The molecule has 0 amide bonds. The molecule has 0 saturated carbocycles. The van der Waals surface area contributed by atoms with E-state index in [9.17, 15) is 4.79 Å². The van der Waals surface area contributed by atoms with Gasteiger partial charge in [-0.3, -0.25) is 0 Å². The van der Waals surface area contributed by atoms with Crippen LogP contribution in [0.25, 0.3) is 0 Å². The Bertz CT molecular complexity index is 830. The van der Waals surface area contributed by atoms with Gasteiger partial charge in [-0.2, -0.15) is 0 Å². The molecule has 1 aromatic carbocycles. The van der Waals surface area contributed by atoms with Crippen molar-refractivity contribution in [2.45, 2.75) is 23.8 Å². The van der Waals surface area contributed by atoms with Crippen LogP contribution in [0.1, 0.15) is 25.9 Å². The molecule has 0 aliphatic rings. The lowest BCUT2D eigenvalue weighted by Crippen LogP contribution is -2.14. The van der Waals surface area contributed by atoms with Crippen LogP contribution in [0.4, 0.5) is 0 Å². The number of benzene rings is 1. The normalized spacial score (nSPS) is 10.8. The third kappa shape index (κ3) is 3.95. The average Bonchev–Trinajstić information content (AvgIpc) is 3.19. The SMILES string of the molecule is Nn1c(CCc2ccccc2)nnc1SCc1ccc(C(=O)O)s1. The Balaban J connectivity index is 1.59. The topological polar surface area (TPSA) is 94.0 Å². The van der Waals surface area contributed by atoms with Gasteiger partial charge in [-0.25, -0.2) is 9.47 Å². The highest BCUT2D eigenvalue weighted by molar-refractivity contribution is 7.98. The zero-order valence-corrected chi connectivity index (χ0v) is 14.4. The van der Waals surface area contributed by atoms with Gasteiger partial charge in [0.25, 0.3) is 0 Å². The second kappa shape index (κ2) is 7.50. The molecule has 124 valence electrons. The number of rotatable bonds is 7. The Hall–Kier alpha value is -2.32. The highest BCUT2D eigenvalue weighted by Gasteiger charge is 2.12. The third-order valence-electron chi connectivity index (χ3n) is 3.43. The Morgan fingerprint density at radius 3 is 2.67 bits per heavy atom. The minimum Gasteiger partial charge on any atom is -0.477 e. The van der Waals surface area contributed by atoms with E-state index in [2.05, 4.69) is 22.3 Å². The van der Waals surface area contributed by atoms with Crippen molar-refractivity contribution < 1.29 is 9.90 Å². The van der Waals surface area contributed by atoms with Crippen LogP contribution >= 0.6 is 23.1 Å². The van der Waals surface area contributed by atoms with E-state index >= 15 is 0 Å². The Morgan fingerprint density at radius 2 is 1.96 bits per heavy atom. The predicted octanol–water partition coefficient (Wildman–Crippen LogP) is 2.83. The lowest BCUT2D eigenvalue weighted by molar-refractivity contribution is 0.0702. The van der Waals surface area contributed by atoms with Crippen LogP contribution in [0, 0.1) is 0 Å². The maximum absolute atomic E-state index is 10.9. The Labute approximate surface area is 147 Å². The first kappa shape index (κ1) is 16.5. The summed E-state index contributed by atoms with van der Waals surface area (Å²) in [5.74, 6) is 6.52. The standard InChI is InChI=1S/C16H16N4O2S2/c17-20-14(9-6-11-4-2-1-3-5-11)18-19-16(20)23-10-12-7-8-13(24-12)15(21)22/h1-5,7-8H,6,9-10,17H2,(H,21,22). The minimum absolute atomic E-state index is 0.336. The van der Waals surface area contributed by atoms with Gasteiger partial charge in [0.15, 0.2) is 5.82 Å². The molecule has 0 bridgehead atoms. The maximum atomic E-state index is 10.9. The lowest BCUT2D eigenvalue weighted by atomic mass is 10.1. The van der Waals surface area contributed by atoms with Crippen molar-refractivity contribution in [3.63, 3.8) is 0 Å². The summed E-state index contributed by atoms with van der Waals surface area (Å²) in [6, 6.07) is 13.6. The van der Waals surface area contributed by atoms with E-state index in [1.165, 1.54) is 33.3 Å². The molecule has 3 rings (SSSR count). The van der Waals surface area contributed by atoms with E-state index in [1.807, 2.05) is 24.3 Å². The van der Waals surface area contributed by atoms with Crippen molar-refractivity contribution in [3.8, 4) is 0 Å². The molecule has 0 radical (unpaired) electrons. The number of thioether (sulfide) groups is 1. The second-order valence-electron chi connectivity index (χ2n) is 5.11. The number of carbonyl (C=O) groups is 1. The van der Waals surface area contributed by atoms with Gasteiger partial charge in [-0.05, 0) is 24.1 Å². The fourth-order valence-corrected chi connectivity index (χ4v) is 3.95. The van der Waals surface area contributed by atoms with Crippen LogP contribution in [0.2, 0.25) is 0 Å². The molecule has 0 saturated heterocycles. The molecule has 0 unspecified atom stereocenters. The lowest BCUT2D eigenvalue weighted by Gasteiger charge is -2.03. The average molecular weight is 360 g/mol. The van der Waals surface area contributed by atoms with Crippen LogP contribution in [-0.4, -0.2) is 25.9 Å².